The molecule has 2 heteroatoms. The minimum absolute atomic E-state index is 0.221. The van der Waals surface area contributed by atoms with Gasteiger partial charge < -0.3 is 5.73 Å². The van der Waals surface area contributed by atoms with Crippen molar-refractivity contribution in [3.8, 4) is 0 Å². The van der Waals surface area contributed by atoms with E-state index in [1.54, 1.807) is 24.3 Å². The topological polar surface area (TPSA) is 43.1 Å². The number of unbranched alkanes of at least 4 members (excludes halogenated alkanes) is 2. The highest BCUT2D eigenvalue weighted by Gasteiger charge is 2.03. The van der Waals surface area contributed by atoms with E-state index in [-0.39, 0.29) is 5.78 Å². The number of rotatable bonds is 5. The summed E-state index contributed by atoms with van der Waals surface area (Å²) in [6, 6.07) is 7.13. The third-order valence-electron chi connectivity index (χ3n) is 2.24. The largest absolute Gasteiger partial charge is 0.399 e. The summed E-state index contributed by atoms with van der Waals surface area (Å²) in [6.45, 7) is 2.13. The Balaban J connectivity index is 2.48. The fourth-order valence-corrected chi connectivity index (χ4v) is 1.35. The normalized spacial score (nSPS) is 10.1. The number of hydrogen-bond acceptors (Lipinski definition) is 2. The van der Waals surface area contributed by atoms with Gasteiger partial charge in [-0.15, -0.1) is 0 Å². The summed E-state index contributed by atoms with van der Waals surface area (Å²) >= 11 is 0. The van der Waals surface area contributed by atoms with E-state index in [2.05, 4.69) is 6.92 Å². The van der Waals surface area contributed by atoms with Crippen molar-refractivity contribution < 1.29 is 4.79 Å². The number of carbonyl (C=O) groups is 1. The van der Waals surface area contributed by atoms with Gasteiger partial charge in [0.1, 0.15) is 0 Å². The summed E-state index contributed by atoms with van der Waals surface area (Å²) in [4.78, 5) is 11.6. The average Bonchev–Trinajstić information content (AvgIpc) is 2.19. The zero-order chi connectivity index (χ0) is 10.4. The first kappa shape index (κ1) is 10.8. The van der Waals surface area contributed by atoms with E-state index in [1.807, 2.05) is 0 Å². The molecule has 0 bridgehead atoms. The van der Waals surface area contributed by atoms with Crippen LogP contribution in [0.15, 0.2) is 24.3 Å². The number of anilines is 1. The Morgan fingerprint density at radius 2 is 1.86 bits per heavy atom. The molecule has 14 heavy (non-hydrogen) atoms. The van der Waals surface area contributed by atoms with Gasteiger partial charge in [-0.05, 0) is 30.7 Å². The number of nitrogen functional groups attached to an aromatic ring is 1. The van der Waals surface area contributed by atoms with Gasteiger partial charge in [0.05, 0.1) is 0 Å². The molecule has 1 rings (SSSR count). The lowest BCUT2D eigenvalue weighted by Gasteiger charge is -2.00. The van der Waals surface area contributed by atoms with Crippen LogP contribution in [0.3, 0.4) is 0 Å². The first-order chi connectivity index (χ1) is 6.74. The van der Waals surface area contributed by atoms with Crippen LogP contribution in [0.5, 0.6) is 0 Å². The van der Waals surface area contributed by atoms with Crippen LogP contribution in [0.25, 0.3) is 0 Å². The molecule has 2 N–H and O–H groups in total. The number of carbonyl (C=O) groups excluding carboxylic acids is 1. The van der Waals surface area contributed by atoms with Crippen LogP contribution in [0, 0.1) is 0 Å². The summed E-state index contributed by atoms with van der Waals surface area (Å²) in [7, 11) is 0. The lowest BCUT2D eigenvalue weighted by molar-refractivity contribution is 0.0979. The van der Waals surface area contributed by atoms with Crippen LogP contribution in [-0.4, -0.2) is 5.78 Å². The molecule has 2 nitrogen and oxygen atoms in total. The van der Waals surface area contributed by atoms with Gasteiger partial charge in [-0.3, -0.25) is 4.79 Å². The zero-order valence-electron chi connectivity index (χ0n) is 8.62. The zero-order valence-corrected chi connectivity index (χ0v) is 8.62. The quantitative estimate of drug-likeness (QED) is 0.441. The second kappa shape index (κ2) is 5.43. The van der Waals surface area contributed by atoms with E-state index < -0.39 is 0 Å². The van der Waals surface area contributed by atoms with E-state index in [4.69, 9.17) is 5.73 Å². The van der Waals surface area contributed by atoms with Gasteiger partial charge >= 0.3 is 0 Å². The second-order valence-corrected chi connectivity index (χ2v) is 3.50. The fourth-order valence-electron chi connectivity index (χ4n) is 1.35. The summed E-state index contributed by atoms with van der Waals surface area (Å²) < 4.78 is 0. The molecule has 0 spiro atoms. The maximum Gasteiger partial charge on any atom is 0.162 e. The summed E-state index contributed by atoms with van der Waals surface area (Å²) in [5.74, 6) is 0.221. The van der Waals surface area contributed by atoms with E-state index >= 15 is 0 Å². The predicted molar refractivity (Wildman–Crippen MR) is 59.3 cm³/mol. The molecular weight excluding hydrogens is 174 g/mol. The number of hydrogen-bond donors (Lipinski definition) is 1. The Bertz CT molecular complexity index is 290. The SMILES string of the molecule is CCCCCC(=O)c1ccc(N)cc1. The lowest BCUT2D eigenvalue weighted by Crippen LogP contribution is -1.98. The van der Waals surface area contributed by atoms with E-state index in [9.17, 15) is 4.79 Å². The third kappa shape index (κ3) is 3.21. The van der Waals surface area contributed by atoms with Gasteiger partial charge in [0.25, 0.3) is 0 Å². The van der Waals surface area contributed by atoms with Gasteiger partial charge in [0, 0.05) is 17.7 Å². The van der Waals surface area contributed by atoms with Crippen LogP contribution in [0.4, 0.5) is 5.69 Å². The van der Waals surface area contributed by atoms with Crippen LogP contribution < -0.4 is 5.73 Å². The number of Topliss-reactive ketones (excluding diaryl/α,β-unsaturated/α-hetero) is 1. The molecule has 0 atom stereocenters. The molecule has 0 unspecified atom stereocenters. The molecule has 0 aliphatic heterocycles. The lowest BCUT2D eigenvalue weighted by atomic mass is 10.0. The van der Waals surface area contributed by atoms with Crippen molar-refractivity contribution in [3.63, 3.8) is 0 Å². The molecular formula is C12H17NO. The van der Waals surface area contributed by atoms with Crippen LogP contribution >= 0.6 is 0 Å². The van der Waals surface area contributed by atoms with E-state index in [1.165, 1.54) is 0 Å². The highest BCUT2D eigenvalue weighted by Crippen LogP contribution is 2.10. The molecule has 0 aromatic heterocycles. The Kier molecular flexibility index (Phi) is 4.17. The second-order valence-electron chi connectivity index (χ2n) is 3.50. The van der Waals surface area contributed by atoms with Crippen molar-refractivity contribution in [2.24, 2.45) is 0 Å². The van der Waals surface area contributed by atoms with Crippen molar-refractivity contribution >= 4 is 11.5 Å². The van der Waals surface area contributed by atoms with Crippen LogP contribution in [-0.2, 0) is 0 Å². The molecule has 1 aromatic rings. The summed E-state index contributed by atoms with van der Waals surface area (Å²) in [6.07, 6.45) is 3.91. The Hall–Kier alpha value is -1.31. The van der Waals surface area contributed by atoms with Gasteiger partial charge in [-0.2, -0.15) is 0 Å². The highest BCUT2D eigenvalue weighted by atomic mass is 16.1. The standard InChI is InChI=1S/C12H17NO/c1-2-3-4-5-12(14)10-6-8-11(13)9-7-10/h6-9H,2-5,13H2,1H3. The number of benzene rings is 1. The molecule has 0 radical (unpaired) electrons. The molecule has 1 aromatic carbocycles. The first-order valence-corrected chi connectivity index (χ1v) is 5.12. The summed E-state index contributed by atoms with van der Waals surface area (Å²) in [5.41, 5.74) is 7.01. The van der Waals surface area contributed by atoms with Gasteiger partial charge in [-0.1, -0.05) is 19.8 Å². The molecule has 0 saturated heterocycles. The van der Waals surface area contributed by atoms with Crippen molar-refractivity contribution in [1.29, 1.82) is 0 Å². The molecule has 0 amide bonds. The van der Waals surface area contributed by atoms with Crippen LogP contribution in [0.2, 0.25) is 0 Å². The summed E-state index contributed by atoms with van der Waals surface area (Å²) in [5, 5.41) is 0. The Morgan fingerprint density at radius 3 is 2.43 bits per heavy atom. The van der Waals surface area contributed by atoms with Crippen LogP contribution in [0.1, 0.15) is 43.0 Å². The number of nitrogens with two attached hydrogens (primary N) is 1. The Morgan fingerprint density at radius 1 is 1.21 bits per heavy atom. The third-order valence-corrected chi connectivity index (χ3v) is 2.24. The smallest absolute Gasteiger partial charge is 0.162 e. The van der Waals surface area contributed by atoms with Gasteiger partial charge in [0.2, 0.25) is 0 Å². The van der Waals surface area contributed by atoms with Crippen molar-refractivity contribution in [2.45, 2.75) is 32.6 Å². The predicted octanol–water partition coefficient (Wildman–Crippen LogP) is 3.03. The monoisotopic (exact) mass is 191 g/mol. The van der Waals surface area contributed by atoms with E-state index in [0.29, 0.717) is 12.1 Å². The van der Waals surface area contributed by atoms with E-state index in [0.717, 1.165) is 24.8 Å². The molecule has 0 heterocycles. The average molecular weight is 191 g/mol. The van der Waals surface area contributed by atoms with Crippen molar-refractivity contribution in [1.82, 2.24) is 0 Å². The van der Waals surface area contributed by atoms with Gasteiger partial charge in [-0.25, -0.2) is 0 Å². The molecule has 0 fully saturated rings. The maximum atomic E-state index is 11.6. The maximum absolute atomic E-state index is 11.6. The number of ketones is 1. The van der Waals surface area contributed by atoms with Crippen molar-refractivity contribution in [2.75, 3.05) is 5.73 Å². The minimum Gasteiger partial charge on any atom is -0.399 e. The Labute approximate surface area is 85.1 Å². The highest BCUT2D eigenvalue weighted by molar-refractivity contribution is 5.96. The fraction of sp³-hybridized carbons (Fsp3) is 0.417. The molecule has 0 saturated carbocycles. The minimum atomic E-state index is 0.221. The first-order valence-electron chi connectivity index (χ1n) is 5.12. The van der Waals surface area contributed by atoms with Crippen molar-refractivity contribution in [3.05, 3.63) is 29.8 Å². The molecule has 0 aliphatic carbocycles. The molecule has 76 valence electrons. The molecule has 0 aliphatic rings. The van der Waals surface area contributed by atoms with Gasteiger partial charge in [0.15, 0.2) is 5.78 Å².